The van der Waals surface area contributed by atoms with Crippen LogP contribution in [0.25, 0.3) is 0 Å². The monoisotopic (exact) mass is 509 g/mol. The minimum Gasteiger partial charge on any atom is -0.434 e. The van der Waals surface area contributed by atoms with Gasteiger partial charge < -0.3 is 23.9 Å². The van der Waals surface area contributed by atoms with Gasteiger partial charge in [0.15, 0.2) is 5.75 Å². The number of hydrogen-bond donors (Lipinski definition) is 0. The fourth-order valence-electron chi connectivity index (χ4n) is 4.27. The molecule has 0 spiro atoms. The number of pyridine rings is 1. The van der Waals surface area contributed by atoms with Gasteiger partial charge in [0.25, 0.3) is 10.2 Å². The molecule has 14 heteroatoms. The number of halogens is 1. The molecule has 4 atom stereocenters. The first-order valence-electron chi connectivity index (χ1n) is 10.5. The smallest absolute Gasteiger partial charge is 0.434 e. The van der Waals surface area contributed by atoms with Crippen molar-refractivity contribution in [1.29, 1.82) is 0 Å². The molecule has 0 bridgehead atoms. The molecule has 1 aliphatic carbocycles. The molecule has 2 heterocycles. The number of aryl methyl sites for hydroxylation is 1. The number of carbonyl (C=O) groups excluding carboxylic acids is 1. The van der Waals surface area contributed by atoms with Crippen LogP contribution in [0, 0.1) is 33.1 Å². The average Bonchev–Trinajstić information content (AvgIpc) is 3.38. The second kappa shape index (κ2) is 10.3. The lowest BCUT2D eigenvalue weighted by Gasteiger charge is -2.14. The fraction of sp³-hybridized carbons (Fsp3) is 0.429. The van der Waals surface area contributed by atoms with Gasteiger partial charge in [0, 0.05) is 22.3 Å². The molecule has 1 unspecified atom stereocenters. The third kappa shape index (κ3) is 5.69. The predicted octanol–water partition coefficient (Wildman–Crippen LogP) is 3.74. The molecule has 1 aliphatic heterocycles. The number of carbonyl (C=O) groups is 1. The van der Waals surface area contributed by atoms with Crippen LogP contribution < -0.4 is 4.74 Å². The molecule has 0 saturated heterocycles. The van der Waals surface area contributed by atoms with Crippen molar-refractivity contribution >= 4 is 17.8 Å². The van der Waals surface area contributed by atoms with Crippen molar-refractivity contribution in [1.82, 2.24) is 4.98 Å². The van der Waals surface area contributed by atoms with Crippen LogP contribution in [0.3, 0.4) is 0 Å². The van der Waals surface area contributed by atoms with Crippen LogP contribution in [0.5, 0.6) is 5.75 Å². The molecule has 1 aromatic heterocycles. The Morgan fingerprint density at radius 2 is 1.77 bits per heavy atom. The molecule has 1 saturated carbocycles. The van der Waals surface area contributed by atoms with E-state index in [2.05, 4.69) is 14.7 Å². The molecule has 2 aromatic rings. The summed E-state index contributed by atoms with van der Waals surface area (Å²) in [6.45, 7) is 1.67. The minimum atomic E-state index is -1.15. The predicted molar refractivity (Wildman–Crippen MR) is 115 cm³/mol. The molecule has 1 aromatic carbocycles. The van der Waals surface area contributed by atoms with Crippen LogP contribution in [0.15, 0.2) is 30.5 Å². The number of benzene rings is 1. The Bertz CT molecular complexity index is 1110. The summed E-state index contributed by atoms with van der Waals surface area (Å²) in [4.78, 5) is 47.0. The van der Waals surface area contributed by atoms with E-state index in [4.69, 9.17) is 25.8 Å². The summed E-state index contributed by atoms with van der Waals surface area (Å²) in [7, 11) is 0. The molecule has 2 aliphatic rings. The van der Waals surface area contributed by atoms with Crippen LogP contribution in [-0.2, 0) is 25.8 Å². The maximum Gasteiger partial charge on any atom is 0.513 e. The number of fused-ring (bicyclic) bond motifs is 1. The molecule has 0 radical (unpaired) electrons. The largest absolute Gasteiger partial charge is 0.513 e. The summed E-state index contributed by atoms with van der Waals surface area (Å²) < 4.78 is 16.5. The van der Waals surface area contributed by atoms with Crippen molar-refractivity contribution in [3.05, 3.63) is 78.1 Å². The lowest BCUT2D eigenvalue weighted by Crippen LogP contribution is -2.30. The highest BCUT2D eigenvalue weighted by Crippen LogP contribution is 2.41. The maximum absolute atomic E-state index is 12.4. The third-order valence-electron chi connectivity index (χ3n) is 5.81. The van der Waals surface area contributed by atoms with Crippen molar-refractivity contribution < 1.29 is 38.9 Å². The van der Waals surface area contributed by atoms with E-state index in [0.717, 1.165) is 11.1 Å². The van der Waals surface area contributed by atoms with Gasteiger partial charge in [-0.2, -0.15) is 0 Å². The summed E-state index contributed by atoms with van der Waals surface area (Å²) in [5.74, 6) is -0.240. The van der Waals surface area contributed by atoms with E-state index in [1.54, 1.807) is 25.3 Å². The van der Waals surface area contributed by atoms with Gasteiger partial charge in [-0.15, -0.1) is 20.2 Å². The standard InChI is InChI=1S/C21H20ClN3O10/c1-11-19(16-10-31-20(15(16)8-23-11)13-2-4-14(22)5-3-13)33-21(26)32-9-12-6-17(34-24(27)28)18(7-12)35-25(29)30/h2-5,8,12,17-18,20H,6-7,9-10H2,1H3/t12?,17-,18+,20-/m0/s1. The van der Waals surface area contributed by atoms with E-state index in [1.165, 1.54) is 0 Å². The number of aromatic nitrogens is 1. The van der Waals surface area contributed by atoms with Crippen molar-refractivity contribution in [3.63, 3.8) is 0 Å². The van der Waals surface area contributed by atoms with Crippen LogP contribution >= 0.6 is 11.6 Å². The second-order valence-electron chi connectivity index (χ2n) is 8.08. The molecule has 1 fully saturated rings. The highest BCUT2D eigenvalue weighted by atomic mass is 35.5. The average molecular weight is 510 g/mol. The Morgan fingerprint density at radius 1 is 1.14 bits per heavy atom. The van der Waals surface area contributed by atoms with Crippen molar-refractivity contribution in [2.45, 2.75) is 44.7 Å². The molecular weight excluding hydrogens is 490 g/mol. The Morgan fingerprint density at radius 3 is 2.37 bits per heavy atom. The van der Waals surface area contributed by atoms with Gasteiger partial charge in [-0.1, -0.05) is 23.7 Å². The van der Waals surface area contributed by atoms with Gasteiger partial charge in [-0.25, -0.2) is 4.79 Å². The van der Waals surface area contributed by atoms with E-state index in [9.17, 15) is 25.0 Å². The van der Waals surface area contributed by atoms with Gasteiger partial charge >= 0.3 is 6.16 Å². The van der Waals surface area contributed by atoms with E-state index < -0.39 is 40.6 Å². The van der Waals surface area contributed by atoms with Crippen LogP contribution in [0.1, 0.15) is 41.3 Å². The zero-order valence-electron chi connectivity index (χ0n) is 18.3. The Hall–Kier alpha value is -3.71. The number of ether oxygens (including phenoxy) is 3. The number of hydrogen-bond acceptors (Lipinski definition) is 11. The van der Waals surface area contributed by atoms with Crippen LogP contribution in [0.2, 0.25) is 5.02 Å². The topological polar surface area (TPSA) is 162 Å². The van der Waals surface area contributed by atoms with E-state index in [1.807, 2.05) is 12.1 Å². The molecule has 0 N–H and O–H groups in total. The summed E-state index contributed by atoms with van der Waals surface area (Å²) in [5.41, 5.74) is 2.73. The van der Waals surface area contributed by atoms with E-state index in [-0.39, 0.29) is 31.8 Å². The summed E-state index contributed by atoms with van der Waals surface area (Å²) in [5, 5.41) is 19.8. The first-order chi connectivity index (χ1) is 16.7. The van der Waals surface area contributed by atoms with E-state index in [0.29, 0.717) is 16.3 Å². The van der Waals surface area contributed by atoms with Crippen molar-refractivity contribution in [3.8, 4) is 5.75 Å². The molecule has 4 rings (SSSR count). The van der Waals surface area contributed by atoms with Gasteiger partial charge in [-0.3, -0.25) is 4.98 Å². The Kier molecular flexibility index (Phi) is 7.17. The van der Waals surface area contributed by atoms with E-state index >= 15 is 0 Å². The van der Waals surface area contributed by atoms with Crippen molar-refractivity contribution in [2.24, 2.45) is 5.92 Å². The zero-order chi connectivity index (χ0) is 25.1. The van der Waals surface area contributed by atoms with Gasteiger partial charge in [-0.05, 0) is 43.4 Å². The highest BCUT2D eigenvalue weighted by Gasteiger charge is 2.40. The third-order valence-corrected chi connectivity index (χ3v) is 6.06. The number of nitrogens with zero attached hydrogens (tertiary/aromatic N) is 3. The maximum atomic E-state index is 12.4. The zero-order valence-corrected chi connectivity index (χ0v) is 19.1. The first-order valence-corrected chi connectivity index (χ1v) is 10.9. The molecular formula is C21H20ClN3O10. The highest BCUT2D eigenvalue weighted by molar-refractivity contribution is 6.30. The van der Waals surface area contributed by atoms with Crippen molar-refractivity contribution in [2.75, 3.05) is 6.61 Å². The summed E-state index contributed by atoms with van der Waals surface area (Å²) >= 11 is 5.96. The lowest BCUT2D eigenvalue weighted by molar-refractivity contribution is -0.797. The quantitative estimate of drug-likeness (QED) is 0.289. The minimum absolute atomic E-state index is 0.0324. The van der Waals surface area contributed by atoms with Crippen LogP contribution in [-0.4, -0.2) is 40.1 Å². The normalized spacial score (nSPS) is 22.8. The lowest BCUT2D eigenvalue weighted by atomic mass is 10.0. The molecule has 35 heavy (non-hydrogen) atoms. The van der Waals surface area contributed by atoms with Gasteiger partial charge in [0.05, 0.1) is 18.9 Å². The summed E-state index contributed by atoms with van der Waals surface area (Å²) in [6.07, 6.45) is -1.97. The SMILES string of the molecule is Cc1ncc2c(c1OC(=O)OCC1C[C@H](O[N+](=O)[O-])[C@H](O[N+](=O)[O-])C1)CO[C@H]2c1ccc(Cl)cc1. The molecule has 13 nitrogen and oxygen atoms in total. The molecule has 0 amide bonds. The van der Waals surface area contributed by atoms with Gasteiger partial charge in [0.1, 0.15) is 18.3 Å². The Labute approximate surface area is 203 Å². The molecule has 186 valence electrons. The Balaban J connectivity index is 1.40. The van der Waals surface area contributed by atoms with Gasteiger partial charge in [0.2, 0.25) is 0 Å². The number of rotatable bonds is 8. The first kappa shape index (κ1) is 24.4. The fourth-order valence-corrected chi connectivity index (χ4v) is 4.39. The van der Waals surface area contributed by atoms with Crippen LogP contribution in [0.4, 0.5) is 4.79 Å². The summed E-state index contributed by atoms with van der Waals surface area (Å²) in [6, 6.07) is 7.18. The second-order valence-corrected chi connectivity index (χ2v) is 8.52.